The van der Waals surface area contributed by atoms with Crippen LogP contribution < -0.4 is 15.5 Å². The van der Waals surface area contributed by atoms with Crippen molar-refractivity contribution in [3.8, 4) is 0 Å². The molecule has 1 fully saturated rings. The van der Waals surface area contributed by atoms with Crippen molar-refractivity contribution in [1.29, 1.82) is 0 Å². The molecule has 1 aromatic carbocycles. The van der Waals surface area contributed by atoms with Crippen LogP contribution in [0, 0.1) is 11.8 Å². The van der Waals surface area contributed by atoms with Crippen LogP contribution in [0.15, 0.2) is 24.3 Å². The number of aromatic nitrogens is 2. The van der Waals surface area contributed by atoms with Crippen molar-refractivity contribution in [2.75, 3.05) is 28.6 Å². The van der Waals surface area contributed by atoms with Crippen LogP contribution in [-0.4, -0.2) is 29.3 Å². The van der Waals surface area contributed by atoms with E-state index in [4.69, 9.17) is 0 Å². The van der Waals surface area contributed by atoms with Gasteiger partial charge in [0.25, 0.3) is 0 Å². The van der Waals surface area contributed by atoms with Gasteiger partial charge >= 0.3 is 12.2 Å². The number of hydrogen-bond acceptors (Lipinski definition) is 5. The van der Waals surface area contributed by atoms with Gasteiger partial charge in [-0.05, 0) is 30.4 Å². The number of para-hydroxylation sites is 1. The fraction of sp³-hybridized carbons (Fsp3) is 0.471. The van der Waals surface area contributed by atoms with Gasteiger partial charge in [0.15, 0.2) is 0 Å². The van der Waals surface area contributed by atoms with E-state index < -0.39 is 17.8 Å². The number of amides is 2. The Balaban J connectivity index is 1.65. The second-order valence-electron chi connectivity index (χ2n) is 6.86. The van der Waals surface area contributed by atoms with Crippen molar-refractivity contribution in [2.45, 2.75) is 26.4 Å². The first-order valence-corrected chi connectivity index (χ1v) is 9.36. The Bertz CT molecular complexity index is 800. The number of carbonyl (C=O) groups is 1. The first-order chi connectivity index (χ1) is 12.7. The summed E-state index contributed by atoms with van der Waals surface area (Å²) in [6, 6.07) is 4.01. The molecule has 1 aromatic heterocycles. The van der Waals surface area contributed by atoms with Gasteiger partial charge in [0.2, 0.25) is 10.3 Å². The quantitative estimate of drug-likeness (QED) is 0.786. The van der Waals surface area contributed by atoms with E-state index in [0.717, 1.165) is 25.6 Å². The van der Waals surface area contributed by atoms with Crippen molar-refractivity contribution >= 4 is 33.3 Å². The minimum Gasteiger partial charge on any atom is -0.346 e. The maximum absolute atomic E-state index is 13.0. The van der Waals surface area contributed by atoms with Crippen LogP contribution in [0.4, 0.5) is 33.9 Å². The molecule has 0 bridgehead atoms. The molecular weight excluding hydrogens is 379 g/mol. The lowest BCUT2D eigenvalue weighted by Gasteiger charge is -2.34. The van der Waals surface area contributed by atoms with Crippen LogP contribution in [0.2, 0.25) is 0 Å². The third kappa shape index (κ3) is 4.88. The molecule has 27 heavy (non-hydrogen) atoms. The van der Waals surface area contributed by atoms with E-state index in [1.54, 1.807) is 0 Å². The Morgan fingerprint density at radius 2 is 1.81 bits per heavy atom. The zero-order chi connectivity index (χ0) is 19.6. The van der Waals surface area contributed by atoms with Gasteiger partial charge in [-0.2, -0.15) is 13.2 Å². The number of nitrogens with zero attached hydrogens (tertiary/aromatic N) is 3. The summed E-state index contributed by atoms with van der Waals surface area (Å²) in [6.07, 6.45) is -3.40. The number of piperidine rings is 1. The Labute approximate surface area is 158 Å². The van der Waals surface area contributed by atoms with Gasteiger partial charge in [0.05, 0.1) is 11.3 Å². The second-order valence-corrected chi connectivity index (χ2v) is 7.82. The number of halogens is 3. The average molecular weight is 399 g/mol. The van der Waals surface area contributed by atoms with Gasteiger partial charge < -0.3 is 10.2 Å². The molecule has 0 spiro atoms. The molecule has 2 unspecified atom stereocenters. The summed E-state index contributed by atoms with van der Waals surface area (Å²) in [7, 11) is 0. The zero-order valence-corrected chi connectivity index (χ0v) is 15.7. The number of carbonyl (C=O) groups excluding carboxylic acids is 1. The SMILES string of the molecule is CC1CC(C)CN(c2nnc(NC(=O)Nc3ccccc3C(F)(F)F)s2)C1. The number of urea groups is 1. The van der Waals surface area contributed by atoms with Gasteiger partial charge in [-0.3, -0.25) is 5.32 Å². The zero-order valence-electron chi connectivity index (χ0n) is 14.9. The van der Waals surface area contributed by atoms with E-state index in [-0.39, 0.29) is 10.8 Å². The van der Waals surface area contributed by atoms with E-state index in [1.807, 2.05) is 0 Å². The fourth-order valence-electron chi connectivity index (χ4n) is 3.30. The molecule has 1 saturated heterocycles. The first kappa shape index (κ1) is 19.4. The highest BCUT2D eigenvalue weighted by atomic mass is 32.1. The van der Waals surface area contributed by atoms with Gasteiger partial charge in [0.1, 0.15) is 0 Å². The van der Waals surface area contributed by atoms with Crippen molar-refractivity contribution in [3.63, 3.8) is 0 Å². The summed E-state index contributed by atoms with van der Waals surface area (Å²) in [4.78, 5) is 14.2. The molecule has 0 radical (unpaired) electrons. The molecule has 3 rings (SSSR count). The van der Waals surface area contributed by atoms with E-state index in [0.29, 0.717) is 17.0 Å². The summed E-state index contributed by atoms with van der Waals surface area (Å²) in [5.74, 6) is 1.08. The number of hydrogen-bond donors (Lipinski definition) is 2. The van der Waals surface area contributed by atoms with Crippen molar-refractivity contribution < 1.29 is 18.0 Å². The van der Waals surface area contributed by atoms with E-state index in [9.17, 15) is 18.0 Å². The lowest BCUT2D eigenvalue weighted by molar-refractivity contribution is -0.136. The molecule has 1 aliphatic heterocycles. The standard InChI is InChI=1S/C17H20F3N5OS/c1-10-7-11(2)9-25(8-10)16-24-23-15(27-16)22-14(26)21-13-6-4-3-5-12(13)17(18,19)20/h3-6,10-11H,7-9H2,1-2H3,(H2,21,22,23,26). The molecule has 2 heterocycles. The average Bonchev–Trinajstić information content (AvgIpc) is 3.02. The topological polar surface area (TPSA) is 70.2 Å². The maximum atomic E-state index is 13.0. The molecule has 6 nitrogen and oxygen atoms in total. The summed E-state index contributed by atoms with van der Waals surface area (Å²) in [5, 5.41) is 13.6. The van der Waals surface area contributed by atoms with Crippen molar-refractivity contribution in [2.24, 2.45) is 11.8 Å². The van der Waals surface area contributed by atoms with Gasteiger partial charge in [-0.25, -0.2) is 4.79 Å². The molecule has 2 amide bonds. The Morgan fingerprint density at radius 3 is 2.48 bits per heavy atom. The summed E-state index contributed by atoms with van der Waals surface area (Å²) in [5.41, 5.74) is -1.22. The van der Waals surface area contributed by atoms with Crippen LogP contribution in [-0.2, 0) is 6.18 Å². The molecule has 10 heteroatoms. The molecule has 1 aliphatic rings. The Morgan fingerprint density at radius 1 is 1.15 bits per heavy atom. The summed E-state index contributed by atoms with van der Waals surface area (Å²) < 4.78 is 39.0. The number of benzene rings is 1. The fourth-order valence-corrected chi connectivity index (χ4v) is 4.06. The third-order valence-corrected chi connectivity index (χ3v) is 5.15. The molecule has 0 saturated carbocycles. The predicted octanol–water partition coefficient (Wildman–Crippen LogP) is 4.68. The third-order valence-electron chi connectivity index (χ3n) is 4.25. The highest BCUT2D eigenvalue weighted by Gasteiger charge is 2.33. The normalized spacial score (nSPS) is 20.4. The van der Waals surface area contributed by atoms with Gasteiger partial charge in [-0.1, -0.05) is 37.3 Å². The van der Waals surface area contributed by atoms with Gasteiger partial charge in [0, 0.05) is 13.1 Å². The van der Waals surface area contributed by atoms with Crippen LogP contribution in [0.5, 0.6) is 0 Å². The Hall–Kier alpha value is -2.36. The number of alkyl halides is 3. The van der Waals surface area contributed by atoms with E-state index >= 15 is 0 Å². The number of rotatable bonds is 3. The van der Waals surface area contributed by atoms with Crippen molar-refractivity contribution in [1.82, 2.24) is 10.2 Å². The largest absolute Gasteiger partial charge is 0.418 e. The van der Waals surface area contributed by atoms with Crippen molar-refractivity contribution in [3.05, 3.63) is 29.8 Å². The lowest BCUT2D eigenvalue weighted by atomic mass is 9.92. The smallest absolute Gasteiger partial charge is 0.346 e. The second kappa shape index (κ2) is 7.71. The van der Waals surface area contributed by atoms with Crippen LogP contribution in [0.3, 0.4) is 0 Å². The molecular formula is C17H20F3N5OS. The monoisotopic (exact) mass is 399 g/mol. The first-order valence-electron chi connectivity index (χ1n) is 8.55. The van der Waals surface area contributed by atoms with Crippen LogP contribution >= 0.6 is 11.3 Å². The summed E-state index contributed by atoms with van der Waals surface area (Å²) in [6.45, 7) is 6.08. The molecule has 0 aliphatic carbocycles. The Kier molecular flexibility index (Phi) is 5.54. The van der Waals surface area contributed by atoms with Gasteiger partial charge in [-0.15, -0.1) is 10.2 Å². The van der Waals surface area contributed by atoms with Crippen LogP contribution in [0.25, 0.3) is 0 Å². The molecule has 2 atom stereocenters. The number of anilines is 3. The lowest BCUT2D eigenvalue weighted by Crippen LogP contribution is -2.38. The van der Waals surface area contributed by atoms with E-state index in [2.05, 4.69) is 39.6 Å². The molecule has 146 valence electrons. The summed E-state index contributed by atoms with van der Waals surface area (Å²) >= 11 is 1.20. The number of nitrogens with one attached hydrogen (secondary N) is 2. The predicted molar refractivity (Wildman–Crippen MR) is 99.2 cm³/mol. The van der Waals surface area contributed by atoms with Crippen LogP contribution in [0.1, 0.15) is 25.8 Å². The highest BCUT2D eigenvalue weighted by Crippen LogP contribution is 2.35. The maximum Gasteiger partial charge on any atom is 0.418 e. The van der Waals surface area contributed by atoms with E-state index in [1.165, 1.54) is 29.5 Å². The molecule has 2 aromatic rings. The minimum atomic E-state index is -4.55. The minimum absolute atomic E-state index is 0.234. The molecule has 2 N–H and O–H groups in total. The highest BCUT2D eigenvalue weighted by molar-refractivity contribution is 7.19.